The number of amides is 3. The predicted octanol–water partition coefficient (Wildman–Crippen LogP) is 3.12. The molecule has 0 aliphatic carbocycles. The van der Waals surface area contributed by atoms with E-state index in [2.05, 4.69) is 10.3 Å². The van der Waals surface area contributed by atoms with Crippen LogP contribution in [0.3, 0.4) is 0 Å². The van der Waals surface area contributed by atoms with Crippen LogP contribution in [-0.2, 0) is 9.59 Å². The Hall–Kier alpha value is -3.94. The molecule has 0 spiro atoms. The van der Waals surface area contributed by atoms with E-state index in [1.807, 2.05) is 35.2 Å². The minimum absolute atomic E-state index is 0.0279. The zero-order valence-electron chi connectivity index (χ0n) is 18.9. The van der Waals surface area contributed by atoms with Crippen molar-refractivity contribution >= 4 is 45.7 Å². The monoisotopic (exact) mass is 457 g/mol. The zero-order chi connectivity index (χ0) is 23.7. The lowest BCUT2D eigenvalue weighted by atomic mass is 10.1. The van der Waals surface area contributed by atoms with Crippen LogP contribution < -0.4 is 20.9 Å². The van der Waals surface area contributed by atoms with Gasteiger partial charge in [-0.1, -0.05) is 0 Å². The Labute approximate surface area is 197 Å². The van der Waals surface area contributed by atoms with Crippen LogP contribution in [0.2, 0.25) is 0 Å². The van der Waals surface area contributed by atoms with Gasteiger partial charge in [0.05, 0.1) is 0 Å². The quantitative estimate of drug-likeness (QED) is 0.612. The minimum Gasteiger partial charge on any atom is -0.383 e. The molecule has 2 aromatic carbocycles. The number of fused-ring (bicyclic) bond motifs is 1. The number of piperidine rings is 1. The molecule has 1 atom stereocenters. The first-order chi connectivity index (χ1) is 16.5. The number of nitrogen functional groups attached to an aromatic ring is 1. The summed E-state index contributed by atoms with van der Waals surface area (Å²) in [6, 6.07) is 14.8. The van der Waals surface area contributed by atoms with Crippen molar-refractivity contribution in [2.24, 2.45) is 5.92 Å². The highest BCUT2D eigenvalue weighted by molar-refractivity contribution is 6.01. The van der Waals surface area contributed by atoms with E-state index in [4.69, 9.17) is 5.73 Å². The van der Waals surface area contributed by atoms with Crippen molar-refractivity contribution in [3.8, 4) is 0 Å². The average Bonchev–Trinajstić information content (AvgIpc) is 3.23. The normalized spacial score (nSPS) is 18.5. The van der Waals surface area contributed by atoms with Gasteiger partial charge >= 0.3 is 0 Å². The number of anilines is 3. The molecule has 2 fully saturated rings. The van der Waals surface area contributed by atoms with Crippen LogP contribution >= 0.6 is 0 Å². The van der Waals surface area contributed by atoms with E-state index in [0.29, 0.717) is 37.3 Å². The van der Waals surface area contributed by atoms with Gasteiger partial charge in [-0.25, -0.2) is 4.98 Å². The molecule has 0 bridgehead atoms. The third-order valence-electron chi connectivity index (χ3n) is 6.61. The van der Waals surface area contributed by atoms with E-state index in [1.54, 1.807) is 29.3 Å². The number of benzene rings is 2. The fourth-order valence-corrected chi connectivity index (χ4v) is 4.74. The molecule has 3 N–H and O–H groups in total. The SMILES string of the molecule is Nc1nccc2cc(C(=O)NCC3CC(=O)N(c4ccc(N5CCCCC5=O)cc4)C3)ccc12. The summed E-state index contributed by atoms with van der Waals surface area (Å²) in [5.74, 6) is 0.469. The highest BCUT2D eigenvalue weighted by Gasteiger charge is 2.31. The summed E-state index contributed by atoms with van der Waals surface area (Å²) in [5.41, 5.74) is 8.11. The van der Waals surface area contributed by atoms with Crippen LogP contribution in [0.4, 0.5) is 17.2 Å². The van der Waals surface area contributed by atoms with Crippen LogP contribution in [0.1, 0.15) is 36.0 Å². The van der Waals surface area contributed by atoms with E-state index >= 15 is 0 Å². The van der Waals surface area contributed by atoms with Gasteiger partial charge < -0.3 is 20.9 Å². The molecule has 5 rings (SSSR count). The average molecular weight is 458 g/mol. The van der Waals surface area contributed by atoms with Gasteiger partial charge in [0.2, 0.25) is 11.8 Å². The molecule has 0 radical (unpaired) electrons. The molecular formula is C26H27N5O3. The zero-order valence-corrected chi connectivity index (χ0v) is 18.9. The van der Waals surface area contributed by atoms with E-state index in [-0.39, 0.29) is 23.6 Å². The van der Waals surface area contributed by atoms with Gasteiger partial charge in [0.1, 0.15) is 5.82 Å². The summed E-state index contributed by atoms with van der Waals surface area (Å²) in [6.45, 7) is 1.70. The van der Waals surface area contributed by atoms with E-state index < -0.39 is 0 Å². The fourth-order valence-electron chi connectivity index (χ4n) is 4.74. The molecule has 3 aromatic rings. The van der Waals surface area contributed by atoms with Crippen molar-refractivity contribution in [2.75, 3.05) is 35.2 Å². The smallest absolute Gasteiger partial charge is 0.251 e. The maximum absolute atomic E-state index is 12.7. The molecule has 3 heterocycles. The number of hydrogen-bond acceptors (Lipinski definition) is 5. The van der Waals surface area contributed by atoms with Crippen LogP contribution in [0, 0.1) is 5.92 Å². The molecule has 34 heavy (non-hydrogen) atoms. The molecular weight excluding hydrogens is 430 g/mol. The summed E-state index contributed by atoms with van der Waals surface area (Å²) in [7, 11) is 0. The van der Waals surface area contributed by atoms with Crippen molar-refractivity contribution in [2.45, 2.75) is 25.7 Å². The Morgan fingerprint density at radius 1 is 1.00 bits per heavy atom. The molecule has 2 aliphatic heterocycles. The summed E-state index contributed by atoms with van der Waals surface area (Å²) in [5, 5.41) is 4.63. The largest absolute Gasteiger partial charge is 0.383 e. The van der Waals surface area contributed by atoms with Crippen molar-refractivity contribution < 1.29 is 14.4 Å². The second-order valence-electron chi connectivity index (χ2n) is 8.94. The maximum atomic E-state index is 12.7. The number of rotatable bonds is 5. The van der Waals surface area contributed by atoms with Gasteiger partial charge in [-0.2, -0.15) is 0 Å². The number of nitrogens with zero attached hydrogens (tertiary/aromatic N) is 3. The lowest BCUT2D eigenvalue weighted by molar-refractivity contribution is -0.119. The highest BCUT2D eigenvalue weighted by atomic mass is 16.2. The molecule has 8 nitrogen and oxygen atoms in total. The number of hydrogen-bond donors (Lipinski definition) is 2. The molecule has 2 aliphatic rings. The molecule has 3 amide bonds. The molecule has 1 aromatic heterocycles. The lowest BCUT2D eigenvalue weighted by Gasteiger charge is -2.27. The van der Waals surface area contributed by atoms with Crippen LogP contribution in [0.15, 0.2) is 54.7 Å². The van der Waals surface area contributed by atoms with E-state index in [9.17, 15) is 14.4 Å². The highest BCUT2D eigenvalue weighted by Crippen LogP contribution is 2.28. The second kappa shape index (κ2) is 9.13. The number of aromatic nitrogens is 1. The van der Waals surface area contributed by atoms with Crippen molar-refractivity contribution in [3.05, 3.63) is 60.3 Å². The first-order valence-corrected chi connectivity index (χ1v) is 11.6. The summed E-state index contributed by atoms with van der Waals surface area (Å²) in [4.78, 5) is 45.1. The topological polar surface area (TPSA) is 109 Å². The van der Waals surface area contributed by atoms with Crippen molar-refractivity contribution in [3.63, 3.8) is 0 Å². The van der Waals surface area contributed by atoms with Crippen LogP contribution in [-0.4, -0.2) is 42.3 Å². The maximum Gasteiger partial charge on any atom is 0.251 e. The number of nitrogens with one attached hydrogen (secondary N) is 1. The van der Waals surface area contributed by atoms with Crippen LogP contribution in [0.25, 0.3) is 10.8 Å². The van der Waals surface area contributed by atoms with Crippen molar-refractivity contribution in [1.82, 2.24) is 10.3 Å². The van der Waals surface area contributed by atoms with Gasteiger partial charge in [0.25, 0.3) is 5.91 Å². The Morgan fingerprint density at radius 3 is 2.53 bits per heavy atom. The fraction of sp³-hybridized carbons (Fsp3) is 0.308. The van der Waals surface area contributed by atoms with E-state index in [0.717, 1.165) is 41.5 Å². The van der Waals surface area contributed by atoms with Gasteiger partial charge in [-0.3, -0.25) is 14.4 Å². The Bertz CT molecular complexity index is 1260. The molecule has 8 heteroatoms. The van der Waals surface area contributed by atoms with Gasteiger partial charge in [0, 0.05) is 66.9 Å². The number of pyridine rings is 1. The second-order valence-corrected chi connectivity index (χ2v) is 8.94. The van der Waals surface area contributed by atoms with Crippen LogP contribution in [0.5, 0.6) is 0 Å². The van der Waals surface area contributed by atoms with E-state index in [1.165, 1.54) is 0 Å². The Balaban J connectivity index is 1.20. The third kappa shape index (κ3) is 4.31. The third-order valence-corrected chi connectivity index (χ3v) is 6.61. The number of nitrogens with two attached hydrogens (primary N) is 1. The number of carbonyl (C=O) groups excluding carboxylic acids is 3. The van der Waals surface area contributed by atoms with Gasteiger partial charge in [-0.15, -0.1) is 0 Å². The lowest BCUT2D eigenvalue weighted by Crippen LogP contribution is -2.35. The molecule has 2 saturated heterocycles. The predicted molar refractivity (Wildman–Crippen MR) is 132 cm³/mol. The first kappa shape index (κ1) is 21.9. The van der Waals surface area contributed by atoms with Crippen molar-refractivity contribution in [1.29, 1.82) is 0 Å². The van der Waals surface area contributed by atoms with Gasteiger partial charge in [0.15, 0.2) is 0 Å². The number of carbonyl (C=O) groups is 3. The van der Waals surface area contributed by atoms with Gasteiger partial charge in [-0.05, 0) is 66.8 Å². The summed E-state index contributed by atoms with van der Waals surface area (Å²) < 4.78 is 0. The molecule has 1 unspecified atom stereocenters. The molecule has 0 saturated carbocycles. The Morgan fingerprint density at radius 2 is 1.76 bits per heavy atom. The minimum atomic E-state index is -0.182. The summed E-state index contributed by atoms with van der Waals surface area (Å²) >= 11 is 0. The summed E-state index contributed by atoms with van der Waals surface area (Å²) in [6.07, 6.45) is 4.54. The Kier molecular flexibility index (Phi) is 5.88. The molecule has 174 valence electrons. The standard InChI is InChI=1S/C26H27N5O3/c27-25-22-9-4-19(14-18(22)10-11-28-25)26(34)29-15-17-13-24(33)31(16-17)21-7-5-20(6-8-21)30-12-2-1-3-23(30)32/h4-11,14,17H,1-3,12-13,15-16H2,(H2,27,28)(H,29,34). The first-order valence-electron chi connectivity index (χ1n) is 11.6.